The summed E-state index contributed by atoms with van der Waals surface area (Å²) in [5, 5.41) is 10.0. The third kappa shape index (κ3) is 4.11. The first-order chi connectivity index (χ1) is 15.8. The second kappa shape index (κ2) is 8.33. The van der Waals surface area contributed by atoms with Crippen molar-refractivity contribution in [1.29, 1.82) is 5.26 Å². The highest BCUT2D eigenvalue weighted by Crippen LogP contribution is 2.49. The molecule has 1 saturated heterocycles. The van der Waals surface area contributed by atoms with Crippen molar-refractivity contribution in [3.63, 3.8) is 0 Å². The van der Waals surface area contributed by atoms with E-state index in [-0.39, 0.29) is 5.41 Å². The summed E-state index contributed by atoms with van der Waals surface area (Å²) in [4.78, 5) is 3.23. The van der Waals surface area contributed by atoms with Crippen LogP contribution in [0.4, 0.5) is 4.39 Å². The van der Waals surface area contributed by atoms with E-state index in [0.717, 1.165) is 11.3 Å². The summed E-state index contributed by atoms with van der Waals surface area (Å²) in [7, 11) is 0.471. The van der Waals surface area contributed by atoms with Crippen LogP contribution in [0, 0.1) is 21.4 Å². The fourth-order valence-corrected chi connectivity index (χ4v) is 4.94. The summed E-state index contributed by atoms with van der Waals surface area (Å²) < 4.78 is 34.1. The lowest BCUT2D eigenvalue weighted by Gasteiger charge is -2.35. The number of hydrogen-bond acceptors (Lipinski definition) is 5. The Morgan fingerprint density at radius 2 is 1.65 bits per heavy atom. The Labute approximate surface area is 206 Å². The first-order valence-corrected chi connectivity index (χ1v) is 11.8. The Bertz CT molecular complexity index is 1260. The molecule has 0 spiro atoms. The van der Waals surface area contributed by atoms with E-state index < -0.39 is 24.0 Å². The van der Waals surface area contributed by atoms with Gasteiger partial charge in [0, 0.05) is 16.8 Å². The average Bonchev–Trinajstić information content (AvgIpc) is 2.98. The van der Waals surface area contributed by atoms with Gasteiger partial charge in [-0.15, -0.1) is 0 Å². The first kappa shape index (κ1) is 24.7. The smallest absolute Gasteiger partial charge is 0.497 e. The van der Waals surface area contributed by atoms with E-state index in [1.165, 1.54) is 0 Å². The fraction of sp³-hybridized carbons (Fsp3) is 0.462. The molecular weight excluding hydrogens is 450 g/mol. The topological polar surface area (TPSA) is 67.3 Å². The molecule has 0 radical (unpaired) electrons. The van der Waals surface area contributed by atoms with Crippen molar-refractivity contribution in [2.45, 2.75) is 65.6 Å². The number of methoxy groups -OCH3 is 1. The number of pyridine rings is 1. The zero-order chi connectivity index (χ0) is 25.1. The molecule has 1 N–H and O–H groups in total. The molecule has 5 nitrogen and oxygen atoms in total. The monoisotopic (exact) mass is 480 g/mol. The third-order valence-electron chi connectivity index (χ3n) is 7.14. The molecule has 8 heteroatoms. The number of halogens is 1. The van der Waals surface area contributed by atoms with Crippen LogP contribution in [0.25, 0.3) is 16.7 Å². The summed E-state index contributed by atoms with van der Waals surface area (Å²) >= 11 is 5.56. The van der Waals surface area contributed by atoms with Crippen LogP contribution in [-0.4, -0.2) is 30.4 Å². The normalized spacial score (nSPS) is 21.6. The third-order valence-corrected chi connectivity index (χ3v) is 7.45. The molecule has 1 aromatic carbocycles. The summed E-state index contributed by atoms with van der Waals surface area (Å²) in [6.45, 7) is 11.8. The molecular formula is C26H30BFN2O3S. The number of hydrogen-bond donors (Lipinski definition) is 1. The summed E-state index contributed by atoms with van der Waals surface area (Å²) in [5.74, 6) is 0.692. The van der Waals surface area contributed by atoms with E-state index in [1.807, 2.05) is 52.0 Å². The molecule has 2 aliphatic rings. The van der Waals surface area contributed by atoms with Crippen LogP contribution in [0.2, 0.25) is 0 Å². The molecule has 0 unspecified atom stereocenters. The molecule has 4 rings (SSSR count). The molecule has 1 aromatic heterocycles. The minimum Gasteiger partial charge on any atom is -0.497 e. The van der Waals surface area contributed by atoms with Crippen molar-refractivity contribution in [2.75, 3.05) is 7.11 Å². The lowest BCUT2D eigenvalue weighted by atomic mass is 9.68. The SMILES string of the molecule is COc1ccc(-c2c3c([nH]c(=S)c2C#N)CC(C)(C)CC3=C(F)B2OC(C)(C)C(C)(C)O2)cc1. The highest BCUT2D eigenvalue weighted by Gasteiger charge is 2.54. The van der Waals surface area contributed by atoms with Gasteiger partial charge in [0.15, 0.2) is 0 Å². The minimum absolute atomic E-state index is 0.229. The van der Waals surface area contributed by atoms with Gasteiger partial charge in [0.05, 0.1) is 23.9 Å². The maximum atomic E-state index is 16.3. The maximum Gasteiger partial charge on any atom is 0.525 e. The first-order valence-electron chi connectivity index (χ1n) is 11.4. The number of H-pyrrole nitrogens is 1. The molecule has 0 bridgehead atoms. The molecule has 1 aliphatic heterocycles. The number of rotatable bonds is 3. The fourth-order valence-electron chi connectivity index (χ4n) is 4.67. The van der Waals surface area contributed by atoms with Crippen LogP contribution in [0.15, 0.2) is 30.0 Å². The Balaban J connectivity index is 2.01. The van der Waals surface area contributed by atoms with Crippen LogP contribution >= 0.6 is 12.2 Å². The van der Waals surface area contributed by atoms with Crippen molar-refractivity contribution < 1.29 is 18.4 Å². The van der Waals surface area contributed by atoms with E-state index in [4.69, 9.17) is 26.3 Å². The summed E-state index contributed by atoms with van der Waals surface area (Å²) in [5.41, 5.74) is 1.65. The Kier molecular flexibility index (Phi) is 6.04. The average molecular weight is 480 g/mol. The maximum absolute atomic E-state index is 16.3. The van der Waals surface area contributed by atoms with Gasteiger partial charge in [-0.25, -0.2) is 4.39 Å². The van der Waals surface area contributed by atoms with Gasteiger partial charge in [-0.05, 0) is 69.2 Å². The number of nitrogens with one attached hydrogen (secondary N) is 1. The highest BCUT2D eigenvalue weighted by atomic mass is 32.1. The number of benzene rings is 1. The van der Waals surface area contributed by atoms with E-state index in [2.05, 4.69) is 24.9 Å². The lowest BCUT2D eigenvalue weighted by Crippen LogP contribution is -2.41. The number of aromatic amines is 1. The van der Waals surface area contributed by atoms with Gasteiger partial charge in [-0.2, -0.15) is 5.26 Å². The molecule has 2 heterocycles. The Morgan fingerprint density at radius 1 is 1.06 bits per heavy atom. The summed E-state index contributed by atoms with van der Waals surface area (Å²) in [6.07, 6.45) is 1.13. The van der Waals surface area contributed by atoms with Crippen molar-refractivity contribution in [1.82, 2.24) is 4.98 Å². The quantitative estimate of drug-likeness (QED) is 0.397. The van der Waals surface area contributed by atoms with Gasteiger partial charge >= 0.3 is 7.12 Å². The van der Waals surface area contributed by atoms with Crippen molar-refractivity contribution in [3.8, 4) is 22.9 Å². The van der Waals surface area contributed by atoms with Crippen LogP contribution in [-0.2, 0) is 15.7 Å². The molecule has 34 heavy (non-hydrogen) atoms. The van der Waals surface area contributed by atoms with E-state index in [0.29, 0.717) is 45.5 Å². The number of ether oxygens (including phenoxy) is 1. The molecule has 1 aliphatic carbocycles. The molecule has 0 saturated carbocycles. The Hall–Kier alpha value is -2.47. The largest absolute Gasteiger partial charge is 0.525 e. The van der Waals surface area contributed by atoms with Crippen LogP contribution in [0.5, 0.6) is 5.75 Å². The molecule has 0 amide bonds. The number of allylic oxidation sites excluding steroid dienone is 1. The predicted molar refractivity (Wildman–Crippen MR) is 135 cm³/mol. The molecule has 0 atom stereocenters. The Morgan fingerprint density at radius 3 is 2.18 bits per heavy atom. The zero-order valence-electron chi connectivity index (χ0n) is 20.8. The van der Waals surface area contributed by atoms with Crippen LogP contribution < -0.4 is 4.74 Å². The van der Waals surface area contributed by atoms with Crippen molar-refractivity contribution >= 4 is 24.9 Å². The molecule has 178 valence electrons. The van der Waals surface area contributed by atoms with Crippen molar-refractivity contribution in [3.05, 3.63) is 51.5 Å². The molecule has 2 aromatic rings. The minimum atomic E-state index is -1.13. The number of nitrogens with zero attached hydrogens (tertiary/aromatic N) is 1. The van der Waals surface area contributed by atoms with Crippen LogP contribution in [0.3, 0.4) is 0 Å². The van der Waals surface area contributed by atoms with E-state index in [1.54, 1.807) is 7.11 Å². The lowest BCUT2D eigenvalue weighted by molar-refractivity contribution is 0.00578. The van der Waals surface area contributed by atoms with Gasteiger partial charge < -0.3 is 19.0 Å². The standard InChI is InChI=1S/C26H30BFN2O3S/c1-24(2)12-17(22(28)27-32-25(3,4)26(5,6)33-27)21-19(13-24)30-23(34)18(14-29)20(21)15-8-10-16(31-7)11-9-15/h8-11H,12-13H2,1-7H3,(H,30,34). The van der Waals surface area contributed by atoms with Gasteiger partial charge in [0.1, 0.15) is 22.2 Å². The van der Waals surface area contributed by atoms with E-state index in [9.17, 15) is 5.26 Å². The summed E-state index contributed by atoms with van der Waals surface area (Å²) in [6, 6.07) is 9.63. The van der Waals surface area contributed by atoms with E-state index >= 15 is 4.39 Å². The molecule has 1 fully saturated rings. The van der Waals surface area contributed by atoms with Gasteiger partial charge in [0.2, 0.25) is 0 Å². The highest BCUT2D eigenvalue weighted by molar-refractivity contribution is 7.71. The van der Waals surface area contributed by atoms with Gasteiger partial charge in [-0.1, -0.05) is 38.2 Å². The number of aromatic nitrogens is 1. The number of nitriles is 1. The second-order valence-corrected chi connectivity index (χ2v) is 11.2. The van der Waals surface area contributed by atoms with Gasteiger partial charge in [0.25, 0.3) is 0 Å². The zero-order valence-corrected chi connectivity index (χ0v) is 21.6. The van der Waals surface area contributed by atoms with Crippen LogP contribution in [0.1, 0.15) is 64.8 Å². The second-order valence-electron chi connectivity index (χ2n) is 10.8. The predicted octanol–water partition coefficient (Wildman–Crippen LogP) is 6.58. The van der Waals surface area contributed by atoms with Gasteiger partial charge in [-0.3, -0.25) is 0 Å². The number of fused-ring (bicyclic) bond motifs is 1. The van der Waals surface area contributed by atoms with Crippen molar-refractivity contribution in [2.24, 2.45) is 5.41 Å².